The summed E-state index contributed by atoms with van der Waals surface area (Å²) in [5, 5.41) is 2.82. The van der Waals surface area contributed by atoms with Crippen molar-refractivity contribution < 1.29 is 14.0 Å². The molecular weight excluding hydrogens is 235 g/mol. The molecule has 0 atom stereocenters. The number of hydrogen-bond donors (Lipinski definition) is 1. The molecule has 1 heterocycles. The van der Waals surface area contributed by atoms with Crippen LogP contribution in [0.4, 0.5) is 4.39 Å². The van der Waals surface area contributed by atoms with Gasteiger partial charge in [-0.1, -0.05) is 12.8 Å². The highest BCUT2D eigenvalue weighted by atomic mass is 19.1. The molecule has 1 saturated carbocycles. The molecule has 5 heteroatoms. The van der Waals surface area contributed by atoms with Gasteiger partial charge in [-0.15, -0.1) is 0 Å². The van der Waals surface area contributed by atoms with Crippen LogP contribution in [0.2, 0.25) is 0 Å². The van der Waals surface area contributed by atoms with E-state index in [1.165, 1.54) is 0 Å². The molecule has 0 aromatic heterocycles. The van der Waals surface area contributed by atoms with Crippen LogP contribution in [-0.4, -0.2) is 41.0 Å². The lowest BCUT2D eigenvalue weighted by atomic mass is 9.85. The van der Waals surface area contributed by atoms with E-state index in [0.29, 0.717) is 25.8 Å². The molecular formula is C13H21FN2O2. The molecule has 1 aliphatic heterocycles. The van der Waals surface area contributed by atoms with Gasteiger partial charge in [0.2, 0.25) is 11.8 Å². The number of alkyl halides is 1. The van der Waals surface area contributed by atoms with Gasteiger partial charge in [-0.05, 0) is 33.1 Å². The number of halogens is 1. The fourth-order valence-electron chi connectivity index (χ4n) is 3.10. The molecule has 102 valence electrons. The fourth-order valence-corrected chi connectivity index (χ4v) is 3.10. The Morgan fingerprint density at radius 2 is 1.89 bits per heavy atom. The highest BCUT2D eigenvalue weighted by Crippen LogP contribution is 2.39. The summed E-state index contributed by atoms with van der Waals surface area (Å²) in [6.07, 6.45) is 3.61. The van der Waals surface area contributed by atoms with Crippen molar-refractivity contribution in [3.05, 3.63) is 0 Å². The minimum Gasteiger partial charge on any atom is -0.340 e. The molecule has 1 saturated heterocycles. The zero-order valence-electron chi connectivity index (χ0n) is 11.1. The number of carbonyl (C=O) groups is 2. The maximum absolute atomic E-state index is 12.4. The van der Waals surface area contributed by atoms with Gasteiger partial charge in [-0.3, -0.25) is 14.0 Å². The van der Waals surface area contributed by atoms with E-state index in [2.05, 4.69) is 5.32 Å². The summed E-state index contributed by atoms with van der Waals surface area (Å²) >= 11 is 0. The number of piperazine rings is 1. The maximum Gasteiger partial charge on any atom is 0.248 e. The molecule has 0 bridgehead atoms. The Bertz CT molecular complexity index is 362. The summed E-state index contributed by atoms with van der Waals surface area (Å²) in [7, 11) is 0. The first-order chi connectivity index (χ1) is 8.44. The van der Waals surface area contributed by atoms with Crippen LogP contribution in [0.25, 0.3) is 0 Å². The van der Waals surface area contributed by atoms with Crippen LogP contribution in [0.15, 0.2) is 0 Å². The number of rotatable bonds is 3. The molecule has 1 aliphatic carbocycles. The Morgan fingerprint density at radius 3 is 2.44 bits per heavy atom. The second-order valence-electron chi connectivity index (χ2n) is 5.82. The normalized spacial score (nSPS) is 25.6. The average molecular weight is 256 g/mol. The van der Waals surface area contributed by atoms with E-state index in [1.54, 1.807) is 18.7 Å². The van der Waals surface area contributed by atoms with Crippen LogP contribution in [0.1, 0.15) is 46.0 Å². The highest BCUT2D eigenvalue weighted by Gasteiger charge is 2.55. The molecule has 1 spiro atoms. The number of hydrogen-bond acceptors (Lipinski definition) is 2. The van der Waals surface area contributed by atoms with Crippen LogP contribution < -0.4 is 5.32 Å². The van der Waals surface area contributed by atoms with E-state index in [4.69, 9.17) is 0 Å². The van der Waals surface area contributed by atoms with Crippen LogP contribution in [-0.2, 0) is 9.59 Å². The van der Waals surface area contributed by atoms with E-state index >= 15 is 0 Å². The van der Waals surface area contributed by atoms with Gasteiger partial charge in [0.1, 0.15) is 11.1 Å². The van der Waals surface area contributed by atoms with E-state index in [1.807, 2.05) is 0 Å². The molecule has 0 aromatic carbocycles. The van der Waals surface area contributed by atoms with Gasteiger partial charge in [0, 0.05) is 6.54 Å². The molecule has 2 rings (SSSR count). The Labute approximate surface area is 107 Å². The molecule has 4 nitrogen and oxygen atoms in total. The first kappa shape index (κ1) is 13.3. The summed E-state index contributed by atoms with van der Waals surface area (Å²) in [4.78, 5) is 26.4. The highest BCUT2D eigenvalue weighted by molar-refractivity contribution is 6.02. The average Bonchev–Trinajstić information content (AvgIpc) is 2.77. The quantitative estimate of drug-likeness (QED) is 0.829. The van der Waals surface area contributed by atoms with Gasteiger partial charge < -0.3 is 10.2 Å². The van der Waals surface area contributed by atoms with E-state index in [-0.39, 0.29) is 11.8 Å². The van der Waals surface area contributed by atoms with Gasteiger partial charge in [0.05, 0.1) is 6.67 Å². The predicted octanol–water partition coefficient (Wildman–Crippen LogP) is 1.40. The summed E-state index contributed by atoms with van der Waals surface area (Å²) in [6, 6.07) is 0. The van der Waals surface area contributed by atoms with Crippen molar-refractivity contribution in [2.24, 2.45) is 0 Å². The van der Waals surface area contributed by atoms with Crippen molar-refractivity contribution in [2.45, 2.75) is 57.0 Å². The monoisotopic (exact) mass is 256 g/mol. The summed E-state index contributed by atoms with van der Waals surface area (Å²) in [6.45, 7) is 3.29. The number of carbonyl (C=O) groups excluding carboxylic acids is 2. The third-order valence-electron chi connectivity index (χ3n) is 4.09. The van der Waals surface area contributed by atoms with Crippen LogP contribution in [0, 0.1) is 0 Å². The van der Waals surface area contributed by atoms with Gasteiger partial charge in [0.25, 0.3) is 0 Å². The molecule has 0 aromatic rings. The number of nitrogens with one attached hydrogen (secondary N) is 1. The van der Waals surface area contributed by atoms with Crippen molar-refractivity contribution in [3.8, 4) is 0 Å². The Hall–Kier alpha value is -1.13. The summed E-state index contributed by atoms with van der Waals surface area (Å²) in [5.74, 6) is -0.152. The Balaban J connectivity index is 2.31. The molecule has 0 unspecified atom stereocenters. The standard InChI is InChI=1S/C13H21FN2O2/c1-12(2)11(18)16(9-5-8-14)13(10(17)15-12)6-3-4-7-13/h3-9H2,1-2H3,(H,15,17). The zero-order valence-corrected chi connectivity index (χ0v) is 11.1. The molecule has 18 heavy (non-hydrogen) atoms. The topological polar surface area (TPSA) is 49.4 Å². The second kappa shape index (κ2) is 4.52. The zero-order chi connectivity index (χ0) is 13.4. The SMILES string of the molecule is CC1(C)NC(=O)C2(CCCC2)N(CCCF)C1=O. The van der Waals surface area contributed by atoms with Crippen LogP contribution >= 0.6 is 0 Å². The minimum absolute atomic E-state index is 0.0662. The molecule has 2 aliphatic rings. The largest absolute Gasteiger partial charge is 0.340 e. The molecule has 2 amide bonds. The van der Waals surface area contributed by atoms with Crippen molar-refractivity contribution >= 4 is 11.8 Å². The summed E-state index contributed by atoms with van der Waals surface area (Å²) in [5.41, 5.74) is -1.58. The number of nitrogens with zero attached hydrogens (tertiary/aromatic N) is 1. The fraction of sp³-hybridized carbons (Fsp3) is 0.846. The smallest absolute Gasteiger partial charge is 0.248 e. The van der Waals surface area contributed by atoms with E-state index < -0.39 is 17.8 Å². The lowest BCUT2D eigenvalue weighted by Crippen LogP contribution is -2.73. The Morgan fingerprint density at radius 1 is 1.28 bits per heavy atom. The van der Waals surface area contributed by atoms with Gasteiger partial charge in [0.15, 0.2) is 0 Å². The second-order valence-corrected chi connectivity index (χ2v) is 5.82. The Kier molecular flexibility index (Phi) is 3.34. The first-order valence-electron chi connectivity index (χ1n) is 6.65. The third-order valence-corrected chi connectivity index (χ3v) is 4.09. The van der Waals surface area contributed by atoms with E-state index in [0.717, 1.165) is 12.8 Å². The third kappa shape index (κ3) is 1.89. The van der Waals surface area contributed by atoms with E-state index in [9.17, 15) is 14.0 Å². The minimum atomic E-state index is -0.874. The lowest BCUT2D eigenvalue weighted by Gasteiger charge is -2.49. The van der Waals surface area contributed by atoms with Gasteiger partial charge in [-0.2, -0.15) is 0 Å². The van der Waals surface area contributed by atoms with Gasteiger partial charge >= 0.3 is 0 Å². The first-order valence-corrected chi connectivity index (χ1v) is 6.65. The van der Waals surface area contributed by atoms with Crippen LogP contribution in [0.3, 0.4) is 0 Å². The lowest BCUT2D eigenvalue weighted by molar-refractivity contribution is -0.161. The number of amides is 2. The van der Waals surface area contributed by atoms with Crippen molar-refractivity contribution in [2.75, 3.05) is 13.2 Å². The van der Waals surface area contributed by atoms with Crippen molar-refractivity contribution in [1.82, 2.24) is 10.2 Å². The summed E-state index contributed by atoms with van der Waals surface area (Å²) < 4.78 is 12.4. The van der Waals surface area contributed by atoms with Crippen LogP contribution in [0.5, 0.6) is 0 Å². The molecule has 1 N–H and O–H groups in total. The van der Waals surface area contributed by atoms with Crippen molar-refractivity contribution in [1.29, 1.82) is 0 Å². The predicted molar refractivity (Wildman–Crippen MR) is 65.7 cm³/mol. The maximum atomic E-state index is 12.4. The molecule has 2 fully saturated rings. The molecule has 0 radical (unpaired) electrons. The van der Waals surface area contributed by atoms with Gasteiger partial charge in [-0.25, -0.2) is 0 Å². The van der Waals surface area contributed by atoms with Crippen molar-refractivity contribution in [3.63, 3.8) is 0 Å².